The van der Waals surface area contributed by atoms with Crippen molar-refractivity contribution in [2.75, 3.05) is 4.90 Å². The largest absolute Gasteiger partial charge is 0.295 e. The van der Waals surface area contributed by atoms with Gasteiger partial charge >= 0.3 is 0 Å². The van der Waals surface area contributed by atoms with Crippen LogP contribution in [0.4, 0.5) is 5.69 Å². The molecule has 0 spiro atoms. The van der Waals surface area contributed by atoms with E-state index in [4.69, 9.17) is 0 Å². The van der Waals surface area contributed by atoms with Crippen LogP contribution in [0, 0.1) is 13.8 Å². The third-order valence-electron chi connectivity index (χ3n) is 3.61. The molecule has 1 saturated heterocycles. The lowest BCUT2D eigenvalue weighted by molar-refractivity contribution is -0.117. The average molecular weight is 298 g/mol. The van der Waals surface area contributed by atoms with Gasteiger partial charge in [-0.2, -0.15) is 0 Å². The number of anilines is 1. The Morgan fingerprint density at radius 3 is 2.52 bits per heavy atom. The van der Waals surface area contributed by atoms with Crippen LogP contribution in [0.1, 0.15) is 29.0 Å². The summed E-state index contributed by atoms with van der Waals surface area (Å²) in [5, 5.41) is -0.0292. The van der Waals surface area contributed by atoms with Gasteiger partial charge in [-0.05, 0) is 50.1 Å². The number of hydrogen-bond acceptors (Lipinski definition) is 3. The van der Waals surface area contributed by atoms with E-state index in [-0.39, 0.29) is 16.5 Å². The molecule has 1 aromatic heterocycles. The molecule has 0 radical (unpaired) electrons. The van der Waals surface area contributed by atoms with Gasteiger partial charge in [0.25, 0.3) is 0 Å². The molecule has 3 rings (SSSR count). The Bertz CT molecular complexity index is 651. The molecular weight excluding hydrogens is 280 g/mol. The monoisotopic (exact) mass is 298 g/mol. The van der Waals surface area contributed by atoms with Crippen molar-refractivity contribution in [3.8, 4) is 0 Å². The first-order chi connectivity index (χ1) is 10.1. The molecule has 0 saturated carbocycles. The molecule has 0 aliphatic carbocycles. The number of aryl methyl sites for hydroxylation is 2. The Balaban J connectivity index is 2.06. The Labute approximate surface area is 129 Å². The van der Waals surface area contributed by atoms with E-state index in [0.717, 1.165) is 11.3 Å². The Hall–Kier alpha value is -1.81. The molecule has 0 N–H and O–H groups in total. The number of carbonyl (C=O) groups is 1. The lowest BCUT2D eigenvalue weighted by Gasteiger charge is -2.24. The first kappa shape index (κ1) is 14.1. The molecule has 4 heteroatoms. The van der Waals surface area contributed by atoms with E-state index >= 15 is 0 Å². The third kappa shape index (κ3) is 2.68. The van der Waals surface area contributed by atoms with Gasteiger partial charge in [-0.1, -0.05) is 12.1 Å². The number of aromatic nitrogens is 1. The van der Waals surface area contributed by atoms with E-state index in [0.29, 0.717) is 0 Å². The number of nitrogens with zero attached hydrogens (tertiary/aromatic N) is 2. The van der Waals surface area contributed by atoms with Crippen LogP contribution in [0.5, 0.6) is 0 Å². The van der Waals surface area contributed by atoms with Crippen molar-refractivity contribution < 1.29 is 4.79 Å². The highest BCUT2D eigenvalue weighted by Gasteiger charge is 2.39. The highest BCUT2D eigenvalue weighted by molar-refractivity contribution is 8.01. The summed E-state index contributed by atoms with van der Waals surface area (Å²) in [4.78, 5) is 18.7. The topological polar surface area (TPSA) is 33.2 Å². The third-order valence-corrected chi connectivity index (χ3v) is 4.96. The van der Waals surface area contributed by atoms with E-state index in [1.165, 1.54) is 11.1 Å². The van der Waals surface area contributed by atoms with Crippen molar-refractivity contribution in [3.05, 3.63) is 59.4 Å². The number of carbonyl (C=O) groups excluding carboxylic acids is 1. The summed E-state index contributed by atoms with van der Waals surface area (Å²) in [5.74, 6) is 0.166. The number of amides is 1. The Morgan fingerprint density at radius 1 is 1.19 bits per heavy atom. The maximum absolute atomic E-state index is 12.6. The van der Waals surface area contributed by atoms with E-state index in [1.807, 2.05) is 30.2 Å². The van der Waals surface area contributed by atoms with Crippen LogP contribution in [0.2, 0.25) is 0 Å². The molecule has 2 atom stereocenters. The number of thioether (sulfide) groups is 1. The summed E-state index contributed by atoms with van der Waals surface area (Å²) in [7, 11) is 0. The molecular formula is C17H18N2OS. The van der Waals surface area contributed by atoms with Crippen molar-refractivity contribution in [3.63, 3.8) is 0 Å². The fraction of sp³-hybridized carbons (Fsp3) is 0.294. The van der Waals surface area contributed by atoms with Gasteiger partial charge in [0.05, 0.1) is 5.25 Å². The van der Waals surface area contributed by atoms with Gasteiger partial charge < -0.3 is 0 Å². The second-order valence-corrected chi connectivity index (χ2v) is 6.90. The molecule has 1 aliphatic rings. The highest BCUT2D eigenvalue weighted by atomic mass is 32.2. The van der Waals surface area contributed by atoms with Crippen LogP contribution in [-0.2, 0) is 4.79 Å². The minimum atomic E-state index is -0.0315. The number of pyridine rings is 1. The normalized spacial score (nSPS) is 21.9. The van der Waals surface area contributed by atoms with Crippen molar-refractivity contribution in [2.24, 2.45) is 0 Å². The van der Waals surface area contributed by atoms with Crippen LogP contribution in [0.25, 0.3) is 0 Å². The van der Waals surface area contributed by atoms with Gasteiger partial charge in [-0.3, -0.25) is 14.7 Å². The summed E-state index contributed by atoms with van der Waals surface area (Å²) < 4.78 is 0. The fourth-order valence-corrected chi connectivity index (χ4v) is 3.99. The molecule has 1 fully saturated rings. The summed E-state index contributed by atoms with van der Waals surface area (Å²) in [6.07, 6.45) is 3.61. The highest BCUT2D eigenvalue weighted by Crippen LogP contribution is 2.45. The standard InChI is InChI=1S/C17H18N2OS/c1-11-7-12(2)9-15(8-11)19-16(20)13(3)21-17(19)14-5-4-6-18-10-14/h4-10,13,17H,1-3H3. The van der Waals surface area contributed by atoms with Crippen LogP contribution >= 0.6 is 11.8 Å². The summed E-state index contributed by atoms with van der Waals surface area (Å²) in [5.41, 5.74) is 4.39. The lowest BCUT2D eigenvalue weighted by Crippen LogP contribution is -2.30. The van der Waals surface area contributed by atoms with Gasteiger partial charge in [-0.15, -0.1) is 11.8 Å². The molecule has 21 heavy (non-hydrogen) atoms. The first-order valence-corrected chi connectivity index (χ1v) is 7.97. The van der Waals surface area contributed by atoms with Crippen molar-refractivity contribution >= 4 is 23.4 Å². The first-order valence-electron chi connectivity index (χ1n) is 7.03. The SMILES string of the molecule is Cc1cc(C)cc(N2C(=O)C(C)SC2c2cccnc2)c1. The predicted octanol–water partition coefficient (Wildman–Crippen LogP) is 3.87. The van der Waals surface area contributed by atoms with Gasteiger partial charge in [0.2, 0.25) is 5.91 Å². The van der Waals surface area contributed by atoms with Crippen molar-refractivity contribution in [1.29, 1.82) is 0 Å². The summed E-state index contributed by atoms with van der Waals surface area (Å²) >= 11 is 1.68. The second kappa shape index (κ2) is 5.53. The quantitative estimate of drug-likeness (QED) is 0.844. The predicted molar refractivity (Wildman–Crippen MR) is 87.4 cm³/mol. The summed E-state index contributed by atoms with van der Waals surface area (Å²) in [6, 6.07) is 10.2. The van der Waals surface area contributed by atoms with Crippen LogP contribution in [0.15, 0.2) is 42.7 Å². The lowest BCUT2D eigenvalue weighted by atomic mass is 10.1. The maximum atomic E-state index is 12.6. The molecule has 2 heterocycles. The average Bonchev–Trinajstić information content (AvgIpc) is 2.75. The van der Waals surface area contributed by atoms with Gasteiger partial charge in [0.15, 0.2) is 0 Å². The smallest absolute Gasteiger partial charge is 0.241 e. The fourth-order valence-electron chi connectivity index (χ4n) is 2.73. The van der Waals surface area contributed by atoms with Crippen LogP contribution < -0.4 is 4.90 Å². The Morgan fingerprint density at radius 2 is 1.90 bits per heavy atom. The minimum Gasteiger partial charge on any atom is -0.295 e. The van der Waals surface area contributed by atoms with Gasteiger partial charge in [-0.25, -0.2) is 0 Å². The van der Waals surface area contributed by atoms with E-state index in [2.05, 4.69) is 37.0 Å². The number of benzene rings is 1. The molecule has 2 unspecified atom stereocenters. The molecule has 108 valence electrons. The molecule has 2 aromatic rings. The summed E-state index contributed by atoms with van der Waals surface area (Å²) in [6.45, 7) is 6.10. The molecule has 0 bridgehead atoms. The maximum Gasteiger partial charge on any atom is 0.241 e. The zero-order valence-electron chi connectivity index (χ0n) is 12.4. The van der Waals surface area contributed by atoms with Crippen LogP contribution in [0.3, 0.4) is 0 Å². The van der Waals surface area contributed by atoms with E-state index in [9.17, 15) is 4.79 Å². The minimum absolute atomic E-state index is 0.00222. The molecule has 1 aromatic carbocycles. The molecule has 3 nitrogen and oxygen atoms in total. The van der Waals surface area contributed by atoms with Gasteiger partial charge in [0, 0.05) is 23.6 Å². The molecule has 1 aliphatic heterocycles. The van der Waals surface area contributed by atoms with Crippen molar-refractivity contribution in [1.82, 2.24) is 4.98 Å². The molecule has 1 amide bonds. The van der Waals surface area contributed by atoms with Crippen molar-refractivity contribution in [2.45, 2.75) is 31.4 Å². The van der Waals surface area contributed by atoms with Gasteiger partial charge in [0.1, 0.15) is 5.37 Å². The zero-order valence-corrected chi connectivity index (χ0v) is 13.2. The number of rotatable bonds is 2. The Kier molecular flexibility index (Phi) is 3.72. The second-order valence-electron chi connectivity index (χ2n) is 5.47. The van der Waals surface area contributed by atoms with E-state index in [1.54, 1.807) is 18.0 Å². The van der Waals surface area contributed by atoms with Crippen LogP contribution in [-0.4, -0.2) is 16.1 Å². The zero-order chi connectivity index (χ0) is 15.0. The van der Waals surface area contributed by atoms with E-state index < -0.39 is 0 Å². The number of hydrogen-bond donors (Lipinski definition) is 0.